The van der Waals surface area contributed by atoms with Gasteiger partial charge in [-0.3, -0.25) is 0 Å². The minimum Gasteiger partial charge on any atom is -0.364 e. The van der Waals surface area contributed by atoms with Gasteiger partial charge in [-0.1, -0.05) is 84.9 Å². The van der Waals surface area contributed by atoms with Gasteiger partial charge in [0.15, 0.2) is 0 Å². The molecule has 0 radical (unpaired) electrons. The molecule has 0 saturated heterocycles. The Kier molecular flexibility index (Phi) is 4.36. The van der Waals surface area contributed by atoms with E-state index in [9.17, 15) is 0 Å². The monoisotopic (exact) mass is 411 g/mol. The predicted molar refractivity (Wildman–Crippen MR) is 138 cm³/mol. The molecule has 0 bridgehead atoms. The SMILES string of the molecule is CC1=CC(c2ccc3ccccc3c2)N(C)c2ccc(-c3ccc4ccccc4c3)cc21. The van der Waals surface area contributed by atoms with Crippen molar-refractivity contribution in [2.45, 2.75) is 13.0 Å². The highest BCUT2D eigenvalue weighted by molar-refractivity contribution is 5.90. The van der Waals surface area contributed by atoms with Crippen molar-refractivity contribution < 1.29 is 0 Å². The van der Waals surface area contributed by atoms with Gasteiger partial charge >= 0.3 is 0 Å². The third-order valence-electron chi connectivity index (χ3n) is 6.82. The summed E-state index contributed by atoms with van der Waals surface area (Å²) in [6, 6.07) is 37.8. The fraction of sp³-hybridized carbons (Fsp3) is 0.0968. The molecule has 5 aromatic carbocycles. The van der Waals surface area contributed by atoms with Gasteiger partial charge in [-0.25, -0.2) is 0 Å². The molecule has 0 fully saturated rings. The van der Waals surface area contributed by atoms with Crippen molar-refractivity contribution in [1.82, 2.24) is 0 Å². The standard InChI is InChI=1S/C31H25N/c1-21-17-31(28-14-12-23-8-4-6-10-25(23)19-28)32(2)30-16-15-27(20-29(21)30)26-13-11-22-7-3-5-9-24(22)18-26/h3-20,31H,1-2H3. The van der Waals surface area contributed by atoms with Gasteiger partial charge in [0.25, 0.3) is 0 Å². The zero-order valence-corrected chi connectivity index (χ0v) is 18.4. The number of likely N-dealkylation sites (N-methyl/N-ethyl adjacent to an activating group) is 1. The van der Waals surface area contributed by atoms with Crippen LogP contribution in [0.1, 0.15) is 24.1 Å². The molecule has 154 valence electrons. The van der Waals surface area contributed by atoms with Crippen LogP contribution < -0.4 is 4.90 Å². The first kappa shape index (κ1) is 18.9. The van der Waals surface area contributed by atoms with E-state index in [1.807, 2.05) is 0 Å². The molecule has 0 saturated carbocycles. The highest BCUT2D eigenvalue weighted by atomic mass is 15.1. The number of hydrogen-bond donors (Lipinski definition) is 0. The molecule has 1 atom stereocenters. The molecule has 0 aliphatic carbocycles. The molecule has 32 heavy (non-hydrogen) atoms. The Morgan fingerprint density at radius 1 is 0.594 bits per heavy atom. The Morgan fingerprint density at radius 3 is 1.94 bits per heavy atom. The van der Waals surface area contributed by atoms with Crippen LogP contribution in [-0.2, 0) is 0 Å². The average molecular weight is 412 g/mol. The molecular weight excluding hydrogens is 386 g/mol. The average Bonchev–Trinajstić information content (AvgIpc) is 2.85. The maximum absolute atomic E-state index is 2.40. The van der Waals surface area contributed by atoms with Crippen LogP contribution in [0.2, 0.25) is 0 Å². The summed E-state index contributed by atoms with van der Waals surface area (Å²) >= 11 is 0. The van der Waals surface area contributed by atoms with Crippen molar-refractivity contribution in [3.63, 3.8) is 0 Å². The van der Waals surface area contributed by atoms with Gasteiger partial charge in [0.2, 0.25) is 0 Å². The van der Waals surface area contributed by atoms with Gasteiger partial charge in [-0.05, 0) is 75.0 Å². The van der Waals surface area contributed by atoms with Crippen LogP contribution in [-0.4, -0.2) is 7.05 Å². The van der Waals surface area contributed by atoms with E-state index in [2.05, 4.69) is 128 Å². The topological polar surface area (TPSA) is 3.24 Å². The van der Waals surface area contributed by atoms with E-state index < -0.39 is 0 Å². The quantitative estimate of drug-likeness (QED) is 0.283. The summed E-state index contributed by atoms with van der Waals surface area (Å²) in [6.07, 6.45) is 2.40. The largest absolute Gasteiger partial charge is 0.364 e. The number of fused-ring (bicyclic) bond motifs is 3. The third-order valence-corrected chi connectivity index (χ3v) is 6.82. The minimum absolute atomic E-state index is 0.235. The van der Waals surface area contributed by atoms with Crippen LogP contribution in [0.25, 0.3) is 38.2 Å². The zero-order chi connectivity index (χ0) is 21.7. The highest BCUT2D eigenvalue weighted by Crippen LogP contribution is 2.41. The smallest absolute Gasteiger partial charge is 0.0729 e. The Bertz CT molecular complexity index is 1510. The van der Waals surface area contributed by atoms with E-state index in [0.29, 0.717) is 0 Å². The number of anilines is 1. The molecule has 0 N–H and O–H groups in total. The van der Waals surface area contributed by atoms with E-state index in [1.165, 1.54) is 55.1 Å². The summed E-state index contributed by atoms with van der Waals surface area (Å²) in [5.41, 5.74) is 7.79. The Morgan fingerprint density at radius 2 is 1.19 bits per heavy atom. The number of benzene rings is 5. The van der Waals surface area contributed by atoms with Crippen molar-refractivity contribution in [3.05, 3.63) is 120 Å². The summed E-state index contributed by atoms with van der Waals surface area (Å²) in [6.45, 7) is 2.24. The minimum atomic E-state index is 0.235. The molecule has 1 heterocycles. The summed E-state index contributed by atoms with van der Waals surface area (Å²) in [5, 5.41) is 5.14. The summed E-state index contributed by atoms with van der Waals surface area (Å²) in [7, 11) is 2.21. The molecule has 1 nitrogen and oxygen atoms in total. The Labute approximate surface area is 189 Å². The van der Waals surface area contributed by atoms with Gasteiger partial charge < -0.3 is 4.90 Å². The number of rotatable bonds is 2. The van der Waals surface area contributed by atoms with Crippen LogP contribution >= 0.6 is 0 Å². The summed E-state index contributed by atoms with van der Waals surface area (Å²) in [4.78, 5) is 2.40. The van der Waals surface area contributed by atoms with Gasteiger partial charge in [-0.2, -0.15) is 0 Å². The molecule has 1 heteroatoms. The van der Waals surface area contributed by atoms with Gasteiger partial charge in [0.05, 0.1) is 6.04 Å². The first-order valence-corrected chi connectivity index (χ1v) is 11.2. The third kappa shape index (κ3) is 3.09. The normalized spacial score (nSPS) is 15.6. The lowest BCUT2D eigenvalue weighted by atomic mass is 9.90. The zero-order valence-electron chi connectivity index (χ0n) is 18.4. The van der Waals surface area contributed by atoms with Crippen molar-refractivity contribution in [2.75, 3.05) is 11.9 Å². The number of hydrogen-bond acceptors (Lipinski definition) is 1. The molecular formula is C31H25N. The van der Waals surface area contributed by atoms with Crippen LogP contribution in [0.5, 0.6) is 0 Å². The summed E-state index contributed by atoms with van der Waals surface area (Å²) in [5.74, 6) is 0. The van der Waals surface area contributed by atoms with E-state index in [4.69, 9.17) is 0 Å². The van der Waals surface area contributed by atoms with Crippen LogP contribution in [0.3, 0.4) is 0 Å². The van der Waals surface area contributed by atoms with E-state index in [-0.39, 0.29) is 6.04 Å². The molecule has 1 unspecified atom stereocenters. The molecule has 5 aromatic rings. The van der Waals surface area contributed by atoms with E-state index in [1.54, 1.807) is 0 Å². The molecule has 6 rings (SSSR count). The lowest BCUT2D eigenvalue weighted by Gasteiger charge is -2.35. The van der Waals surface area contributed by atoms with Crippen LogP contribution in [0.15, 0.2) is 109 Å². The molecule has 0 amide bonds. The fourth-order valence-electron chi connectivity index (χ4n) is 5.01. The van der Waals surface area contributed by atoms with E-state index in [0.717, 1.165) is 0 Å². The molecule has 0 spiro atoms. The molecule has 1 aliphatic rings. The van der Waals surface area contributed by atoms with Gasteiger partial charge in [0.1, 0.15) is 0 Å². The van der Waals surface area contributed by atoms with Crippen molar-refractivity contribution in [3.8, 4) is 11.1 Å². The Hall–Kier alpha value is -3.84. The first-order valence-electron chi connectivity index (χ1n) is 11.2. The second-order valence-electron chi connectivity index (χ2n) is 8.81. The van der Waals surface area contributed by atoms with Crippen LogP contribution in [0.4, 0.5) is 5.69 Å². The second kappa shape index (κ2) is 7.39. The van der Waals surface area contributed by atoms with Crippen molar-refractivity contribution >= 4 is 32.8 Å². The number of nitrogens with zero attached hydrogens (tertiary/aromatic N) is 1. The van der Waals surface area contributed by atoms with Gasteiger partial charge in [0, 0.05) is 18.3 Å². The molecule has 1 aliphatic heterocycles. The maximum Gasteiger partial charge on any atom is 0.0729 e. The van der Waals surface area contributed by atoms with Crippen molar-refractivity contribution in [2.24, 2.45) is 0 Å². The summed E-state index contributed by atoms with van der Waals surface area (Å²) < 4.78 is 0. The Balaban J connectivity index is 1.40. The number of allylic oxidation sites excluding steroid dienone is 1. The fourth-order valence-corrected chi connectivity index (χ4v) is 5.01. The predicted octanol–water partition coefficient (Wildman–Crippen LogP) is 8.25. The maximum atomic E-state index is 2.40. The second-order valence-corrected chi connectivity index (χ2v) is 8.81. The highest BCUT2D eigenvalue weighted by Gasteiger charge is 2.24. The lowest BCUT2D eigenvalue weighted by molar-refractivity contribution is 0.801. The van der Waals surface area contributed by atoms with Gasteiger partial charge in [-0.15, -0.1) is 0 Å². The first-order chi connectivity index (χ1) is 15.7. The lowest BCUT2D eigenvalue weighted by Crippen LogP contribution is -2.26. The van der Waals surface area contributed by atoms with Crippen LogP contribution in [0, 0.1) is 0 Å². The van der Waals surface area contributed by atoms with E-state index >= 15 is 0 Å². The molecule has 0 aromatic heterocycles. The van der Waals surface area contributed by atoms with Crippen molar-refractivity contribution in [1.29, 1.82) is 0 Å².